The molecule has 5 rings (SSSR count). The van der Waals surface area contributed by atoms with Gasteiger partial charge in [-0.3, -0.25) is 4.90 Å². The molecule has 0 spiro atoms. The Morgan fingerprint density at radius 2 is 2.00 bits per heavy atom. The number of hydrogen-bond acceptors (Lipinski definition) is 5. The van der Waals surface area contributed by atoms with Crippen molar-refractivity contribution < 1.29 is 4.74 Å². The number of rotatable bonds is 6. The van der Waals surface area contributed by atoms with Crippen molar-refractivity contribution in [3.8, 4) is 0 Å². The van der Waals surface area contributed by atoms with Gasteiger partial charge in [0.05, 0.1) is 36.5 Å². The molecule has 0 aliphatic carbocycles. The molecule has 4 heterocycles. The number of hydrogen-bond donors (Lipinski definition) is 2. The van der Waals surface area contributed by atoms with Crippen LogP contribution in [-0.2, 0) is 17.7 Å². The first-order valence-corrected chi connectivity index (χ1v) is 10.2. The molecule has 0 saturated carbocycles. The molecule has 1 aromatic carbocycles. The normalized spacial score (nSPS) is 15.3. The van der Waals surface area contributed by atoms with Gasteiger partial charge in [-0.1, -0.05) is 6.07 Å². The number of pyridine rings is 1. The second kappa shape index (κ2) is 7.85. The van der Waals surface area contributed by atoms with Crippen LogP contribution in [0.15, 0.2) is 42.7 Å². The van der Waals surface area contributed by atoms with E-state index in [1.165, 1.54) is 5.56 Å². The van der Waals surface area contributed by atoms with Crippen molar-refractivity contribution in [1.82, 2.24) is 24.3 Å². The molecule has 1 aliphatic rings. The molecule has 7 nitrogen and oxygen atoms in total. The molecule has 1 fully saturated rings. The third-order valence-electron chi connectivity index (χ3n) is 5.42. The highest BCUT2D eigenvalue weighted by molar-refractivity contribution is 5.79. The Bertz CT molecular complexity index is 1120. The molecule has 0 amide bonds. The van der Waals surface area contributed by atoms with E-state index in [1.807, 2.05) is 6.07 Å². The van der Waals surface area contributed by atoms with Gasteiger partial charge in [-0.2, -0.15) is 0 Å². The number of aromatic amines is 1. The molecule has 0 radical (unpaired) electrons. The first-order chi connectivity index (χ1) is 14.2. The van der Waals surface area contributed by atoms with E-state index in [-0.39, 0.29) is 0 Å². The summed E-state index contributed by atoms with van der Waals surface area (Å²) < 4.78 is 7.49. The zero-order chi connectivity index (χ0) is 19.6. The van der Waals surface area contributed by atoms with Gasteiger partial charge >= 0.3 is 0 Å². The smallest absolute Gasteiger partial charge is 0.137 e. The van der Waals surface area contributed by atoms with E-state index in [0.29, 0.717) is 6.54 Å². The van der Waals surface area contributed by atoms with Crippen molar-refractivity contribution in [2.75, 3.05) is 38.2 Å². The zero-order valence-electron chi connectivity index (χ0n) is 16.7. The predicted molar refractivity (Wildman–Crippen MR) is 114 cm³/mol. The number of aromatic nitrogens is 4. The predicted octanol–water partition coefficient (Wildman–Crippen LogP) is 3.01. The fraction of sp³-hybridized carbons (Fsp3) is 0.364. The molecule has 0 bridgehead atoms. The van der Waals surface area contributed by atoms with E-state index in [1.54, 1.807) is 0 Å². The van der Waals surface area contributed by atoms with E-state index < -0.39 is 0 Å². The summed E-state index contributed by atoms with van der Waals surface area (Å²) in [6, 6.07) is 10.4. The molecular formula is C22H26N6O. The van der Waals surface area contributed by atoms with Crippen LogP contribution in [0, 0.1) is 6.92 Å². The lowest BCUT2D eigenvalue weighted by Gasteiger charge is -2.25. The van der Waals surface area contributed by atoms with Crippen LogP contribution in [-0.4, -0.2) is 57.1 Å². The highest BCUT2D eigenvalue weighted by atomic mass is 16.5. The summed E-state index contributed by atoms with van der Waals surface area (Å²) in [5, 5.41) is 3.48. The second-order valence-corrected chi connectivity index (χ2v) is 7.68. The number of nitrogens with zero attached hydrogens (tertiary/aromatic N) is 4. The number of morpholine rings is 1. The van der Waals surface area contributed by atoms with Crippen molar-refractivity contribution in [2.45, 2.75) is 19.9 Å². The summed E-state index contributed by atoms with van der Waals surface area (Å²) in [6.07, 6.45) is 5.10. The Balaban J connectivity index is 1.24. The number of nitrogens with one attached hydrogen (secondary N) is 2. The topological polar surface area (TPSA) is 70.5 Å². The second-order valence-electron chi connectivity index (χ2n) is 7.68. The molecule has 1 saturated heterocycles. The maximum Gasteiger partial charge on any atom is 0.137 e. The largest absolute Gasteiger partial charge is 0.379 e. The average molecular weight is 390 g/mol. The lowest BCUT2D eigenvalue weighted by atomic mass is 10.2. The standard InChI is InChI=1S/C22H26N6O/c1-16-2-5-22-24-18(15-28(22)14-16)13-23-17-3-4-19-20(12-17)26-21(25-19)6-7-27-8-10-29-11-9-27/h2-5,12,14-15,23H,6-11,13H2,1H3,(H,25,26). The molecule has 4 aromatic rings. The van der Waals surface area contributed by atoms with E-state index >= 15 is 0 Å². The number of anilines is 1. The Hall–Kier alpha value is -2.90. The maximum absolute atomic E-state index is 5.41. The highest BCUT2D eigenvalue weighted by Gasteiger charge is 2.11. The minimum atomic E-state index is 0.685. The van der Waals surface area contributed by atoms with Crippen LogP contribution in [0.2, 0.25) is 0 Å². The molecule has 150 valence electrons. The summed E-state index contributed by atoms with van der Waals surface area (Å²) in [5.41, 5.74) is 6.36. The van der Waals surface area contributed by atoms with E-state index in [9.17, 15) is 0 Å². The van der Waals surface area contributed by atoms with Gasteiger partial charge in [0.2, 0.25) is 0 Å². The van der Waals surface area contributed by atoms with Crippen LogP contribution in [0.1, 0.15) is 17.1 Å². The average Bonchev–Trinajstić information content (AvgIpc) is 3.34. The molecule has 1 aliphatic heterocycles. The Morgan fingerprint density at radius 3 is 2.90 bits per heavy atom. The summed E-state index contributed by atoms with van der Waals surface area (Å²) in [6.45, 7) is 7.48. The molecule has 0 unspecified atom stereocenters. The SMILES string of the molecule is Cc1ccc2nc(CNc3ccc4nc(CCN5CCOCC5)[nH]c4c3)cn2c1. The van der Waals surface area contributed by atoms with Crippen LogP contribution in [0.3, 0.4) is 0 Å². The number of benzene rings is 1. The van der Waals surface area contributed by atoms with Crippen LogP contribution < -0.4 is 5.32 Å². The monoisotopic (exact) mass is 390 g/mol. The fourth-order valence-corrected chi connectivity index (χ4v) is 3.81. The molecule has 0 atom stereocenters. The quantitative estimate of drug-likeness (QED) is 0.530. The van der Waals surface area contributed by atoms with Gasteiger partial charge in [0.1, 0.15) is 11.5 Å². The molecular weight excluding hydrogens is 364 g/mol. The summed E-state index contributed by atoms with van der Waals surface area (Å²) in [7, 11) is 0. The number of fused-ring (bicyclic) bond motifs is 2. The first kappa shape index (κ1) is 18.1. The minimum Gasteiger partial charge on any atom is -0.379 e. The van der Waals surface area contributed by atoms with E-state index in [2.05, 4.69) is 68.2 Å². The lowest BCUT2D eigenvalue weighted by molar-refractivity contribution is 0.0382. The van der Waals surface area contributed by atoms with Gasteiger partial charge < -0.3 is 19.4 Å². The number of imidazole rings is 2. The summed E-state index contributed by atoms with van der Waals surface area (Å²) >= 11 is 0. The number of ether oxygens (including phenoxy) is 1. The Morgan fingerprint density at radius 1 is 1.10 bits per heavy atom. The van der Waals surface area contributed by atoms with Crippen molar-refractivity contribution in [3.63, 3.8) is 0 Å². The molecule has 3 aromatic heterocycles. The zero-order valence-corrected chi connectivity index (χ0v) is 16.7. The highest BCUT2D eigenvalue weighted by Crippen LogP contribution is 2.19. The Kier molecular flexibility index (Phi) is 4.91. The lowest BCUT2D eigenvalue weighted by Crippen LogP contribution is -2.37. The summed E-state index contributed by atoms with van der Waals surface area (Å²) in [5.74, 6) is 1.04. The molecule has 7 heteroatoms. The van der Waals surface area contributed by atoms with Gasteiger partial charge in [-0.05, 0) is 36.8 Å². The van der Waals surface area contributed by atoms with Crippen molar-refractivity contribution in [1.29, 1.82) is 0 Å². The molecule has 2 N–H and O–H groups in total. The number of aryl methyl sites for hydroxylation is 1. The third kappa shape index (κ3) is 4.11. The van der Waals surface area contributed by atoms with Gasteiger partial charge in [-0.15, -0.1) is 0 Å². The van der Waals surface area contributed by atoms with Crippen LogP contribution >= 0.6 is 0 Å². The van der Waals surface area contributed by atoms with Gasteiger partial charge in [0.15, 0.2) is 0 Å². The van der Waals surface area contributed by atoms with Crippen molar-refractivity contribution in [3.05, 3.63) is 59.8 Å². The van der Waals surface area contributed by atoms with E-state index in [4.69, 9.17) is 9.72 Å². The maximum atomic E-state index is 5.41. The summed E-state index contributed by atoms with van der Waals surface area (Å²) in [4.78, 5) is 15.3. The van der Waals surface area contributed by atoms with Crippen molar-refractivity contribution >= 4 is 22.4 Å². The van der Waals surface area contributed by atoms with Crippen LogP contribution in [0.4, 0.5) is 5.69 Å². The minimum absolute atomic E-state index is 0.685. The molecule has 29 heavy (non-hydrogen) atoms. The van der Waals surface area contributed by atoms with Gasteiger partial charge in [0.25, 0.3) is 0 Å². The van der Waals surface area contributed by atoms with Gasteiger partial charge in [-0.25, -0.2) is 9.97 Å². The number of H-pyrrole nitrogens is 1. The van der Waals surface area contributed by atoms with Crippen LogP contribution in [0.5, 0.6) is 0 Å². The Labute approximate surface area is 169 Å². The van der Waals surface area contributed by atoms with E-state index in [0.717, 1.165) is 73.2 Å². The van der Waals surface area contributed by atoms with Gasteiger partial charge in [0, 0.05) is 44.1 Å². The van der Waals surface area contributed by atoms with Crippen molar-refractivity contribution in [2.24, 2.45) is 0 Å². The first-order valence-electron chi connectivity index (χ1n) is 10.2. The fourth-order valence-electron chi connectivity index (χ4n) is 3.81. The third-order valence-corrected chi connectivity index (χ3v) is 5.42. The van der Waals surface area contributed by atoms with Crippen LogP contribution in [0.25, 0.3) is 16.7 Å².